The zero-order valence-corrected chi connectivity index (χ0v) is 24.1. The van der Waals surface area contributed by atoms with Crippen molar-refractivity contribution in [1.82, 2.24) is 20.6 Å². The standard InChI is InChI=1S/C30H43BN4O4/c1-19(2)14-27(31-38-26-16-21(5)15-23(20(3)4)30(26,6)39-31)35-28(36)24(17-22-10-8-7-9-11-22)34-29(37)25-18-32-12-13-33-25/h7-13,18-21,23-24,26-27H,14-17H2,1-6H3,(H,34,37)(H,35,36)/t21?,23-,24-,26+,27-,30-/m0/s1. The molecule has 1 aliphatic carbocycles. The van der Waals surface area contributed by atoms with Crippen LogP contribution in [0.5, 0.6) is 0 Å². The molecule has 1 saturated carbocycles. The molecular weight excluding hydrogens is 491 g/mol. The van der Waals surface area contributed by atoms with Crippen LogP contribution in [0.4, 0.5) is 0 Å². The highest BCUT2D eigenvalue weighted by Gasteiger charge is 2.58. The van der Waals surface area contributed by atoms with E-state index in [0.29, 0.717) is 36.5 Å². The number of nitrogens with one attached hydrogen (secondary N) is 2. The van der Waals surface area contributed by atoms with E-state index in [-0.39, 0.29) is 23.6 Å². The second-order valence-electron chi connectivity index (χ2n) is 12.3. The van der Waals surface area contributed by atoms with E-state index in [2.05, 4.69) is 62.1 Å². The molecule has 1 unspecified atom stereocenters. The summed E-state index contributed by atoms with van der Waals surface area (Å²) in [6, 6.07) is 8.86. The summed E-state index contributed by atoms with van der Waals surface area (Å²) in [6.45, 7) is 13.2. The third-order valence-corrected chi connectivity index (χ3v) is 8.20. The molecule has 0 bridgehead atoms. The summed E-state index contributed by atoms with van der Waals surface area (Å²) in [5.41, 5.74) is 0.711. The minimum absolute atomic E-state index is 0.0123. The normalized spacial score (nSPS) is 26.3. The highest BCUT2D eigenvalue weighted by atomic mass is 16.7. The van der Waals surface area contributed by atoms with Gasteiger partial charge in [0.25, 0.3) is 5.91 Å². The van der Waals surface area contributed by atoms with E-state index in [0.717, 1.165) is 18.4 Å². The molecule has 2 aliphatic rings. The summed E-state index contributed by atoms with van der Waals surface area (Å²) in [4.78, 5) is 34.9. The summed E-state index contributed by atoms with van der Waals surface area (Å²) in [6.07, 6.45) is 7.43. The number of benzene rings is 1. The predicted molar refractivity (Wildman–Crippen MR) is 152 cm³/mol. The van der Waals surface area contributed by atoms with E-state index in [1.807, 2.05) is 30.3 Å². The molecule has 2 aromatic rings. The third kappa shape index (κ3) is 7.06. The van der Waals surface area contributed by atoms with Gasteiger partial charge in [0, 0.05) is 18.8 Å². The summed E-state index contributed by atoms with van der Waals surface area (Å²) in [7, 11) is -0.550. The Balaban J connectivity index is 1.54. The zero-order chi connectivity index (χ0) is 28.2. The van der Waals surface area contributed by atoms with Gasteiger partial charge in [0.05, 0.1) is 23.8 Å². The van der Waals surface area contributed by atoms with Gasteiger partial charge in [-0.05, 0) is 55.4 Å². The van der Waals surface area contributed by atoms with Gasteiger partial charge in [-0.25, -0.2) is 4.98 Å². The summed E-state index contributed by atoms with van der Waals surface area (Å²) >= 11 is 0. The molecule has 9 heteroatoms. The molecule has 0 spiro atoms. The lowest BCUT2D eigenvalue weighted by molar-refractivity contribution is -0.123. The fourth-order valence-electron chi connectivity index (χ4n) is 6.24. The van der Waals surface area contributed by atoms with Crippen LogP contribution in [-0.2, 0) is 20.5 Å². The molecule has 1 aliphatic heterocycles. The van der Waals surface area contributed by atoms with E-state index in [4.69, 9.17) is 9.31 Å². The van der Waals surface area contributed by atoms with E-state index < -0.39 is 24.7 Å². The van der Waals surface area contributed by atoms with E-state index >= 15 is 0 Å². The van der Waals surface area contributed by atoms with Crippen molar-refractivity contribution in [2.24, 2.45) is 23.7 Å². The molecule has 0 radical (unpaired) electrons. The second kappa shape index (κ2) is 12.6. The number of hydrogen-bond donors (Lipinski definition) is 2. The predicted octanol–water partition coefficient (Wildman–Crippen LogP) is 4.25. The first-order valence-electron chi connectivity index (χ1n) is 14.3. The summed E-state index contributed by atoms with van der Waals surface area (Å²) in [5.74, 6) is 0.635. The van der Waals surface area contributed by atoms with Crippen molar-refractivity contribution in [3.05, 3.63) is 60.2 Å². The lowest BCUT2D eigenvalue weighted by atomic mass is 9.66. The van der Waals surface area contributed by atoms with Gasteiger partial charge >= 0.3 is 7.12 Å². The molecule has 39 heavy (non-hydrogen) atoms. The number of carbonyl (C=O) groups is 2. The average molecular weight is 535 g/mol. The van der Waals surface area contributed by atoms with Crippen molar-refractivity contribution in [3.63, 3.8) is 0 Å². The van der Waals surface area contributed by atoms with Crippen LogP contribution in [0.1, 0.15) is 76.9 Å². The lowest BCUT2D eigenvalue weighted by Crippen LogP contribution is -2.56. The molecule has 1 aromatic heterocycles. The van der Waals surface area contributed by atoms with Crippen molar-refractivity contribution < 1.29 is 18.9 Å². The molecule has 2 amide bonds. The first-order valence-corrected chi connectivity index (χ1v) is 14.3. The molecule has 2 N–H and O–H groups in total. The Hall–Kier alpha value is -2.78. The minimum Gasteiger partial charge on any atom is -0.404 e. The molecule has 4 rings (SSSR count). The molecular formula is C30H43BN4O4. The van der Waals surface area contributed by atoms with Gasteiger partial charge in [0.2, 0.25) is 5.91 Å². The minimum atomic E-state index is -0.806. The first-order chi connectivity index (χ1) is 18.6. The number of aromatic nitrogens is 2. The number of rotatable bonds is 10. The summed E-state index contributed by atoms with van der Waals surface area (Å²) < 4.78 is 13.3. The molecule has 6 atom stereocenters. The molecule has 2 fully saturated rings. The van der Waals surface area contributed by atoms with Gasteiger partial charge in [-0.15, -0.1) is 0 Å². The maximum absolute atomic E-state index is 13.8. The summed E-state index contributed by atoms with van der Waals surface area (Å²) in [5, 5.41) is 6.09. The zero-order valence-electron chi connectivity index (χ0n) is 24.1. The number of amides is 2. The van der Waals surface area contributed by atoms with Crippen molar-refractivity contribution in [3.8, 4) is 0 Å². The molecule has 1 saturated heterocycles. The Morgan fingerprint density at radius 3 is 2.49 bits per heavy atom. The van der Waals surface area contributed by atoms with Crippen LogP contribution in [0, 0.1) is 23.7 Å². The second-order valence-corrected chi connectivity index (χ2v) is 12.3. The fourth-order valence-corrected chi connectivity index (χ4v) is 6.24. The van der Waals surface area contributed by atoms with Crippen molar-refractivity contribution in [2.45, 2.75) is 90.9 Å². The van der Waals surface area contributed by atoms with Crippen LogP contribution >= 0.6 is 0 Å². The lowest BCUT2D eigenvalue weighted by Gasteiger charge is -2.46. The number of hydrogen-bond acceptors (Lipinski definition) is 6. The van der Waals surface area contributed by atoms with Crippen LogP contribution in [-0.4, -0.2) is 52.6 Å². The van der Waals surface area contributed by atoms with E-state index in [1.54, 1.807) is 0 Å². The van der Waals surface area contributed by atoms with Crippen molar-refractivity contribution >= 4 is 18.9 Å². The molecule has 2 heterocycles. The number of nitrogens with zero attached hydrogens (tertiary/aromatic N) is 2. The quantitative estimate of drug-likeness (QED) is 0.442. The third-order valence-electron chi connectivity index (χ3n) is 8.20. The average Bonchev–Trinajstić information content (AvgIpc) is 3.25. The highest BCUT2D eigenvalue weighted by Crippen LogP contribution is 2.48. The SMILES string of the molecule is CC(C)C[C@H](NC(=O)[C@H](Cc1ccccc1)NC(=O)c1cnccn1)B1O[C@@H]2CC(C)C[C@@H](C(C)C)[C@]2(C)O1. The van der Waals surface area contributed by atoms with Crippen LogP contribution in [0.2, 0.25) is 0 Å². The van der Waals surface area contributed by atoms with Gasteiger partial charge in [-0.2, -0.15) is 0 Å². The number of carbonyl (C=O) groups excluding carboxylic acids is 2. The monoisotopic (exact) mass is 534 g/mol. The Kier molecular flexibility index (Phi) is 9.44. The van der Waals surface area contributed by atoms with Gasteiger partial charge in [0.15, 0.2) is 0 Å². The van der Waals surface area contributed by atoms with Crippen LogP contribution in [0.25, 0.3) is 0 Å². The Morgan fingerprint density at radius 1 is 1.10 bits per heavy atom. The maximum Gasteiger partial charge on any atom is 0.481 e. The van der Waals surface area contributed by atoms with Gasteiger partial charge in [0.1, 0.15) is 11.7 Å². The van der Waals surface area contributed by atoms with Crippen LogP contribution in [0.3, 0.4) is 0 Å². The highest BCUT2D eigenvalue weighted by molar-refractivity contribution is 6.47. The van der Waals surface area contributed by atoms with Gasteiger partial charge in [-0.1, -0.05) is 65.0 Å². The Bertz CT molecular complexity index is 1100. The molecule has 1 aromatic carbocycles. The van der Waals surface area contributed by atoms with E-state index in [1.165, 1.54) is 18.6 Å². The van der Waals surface area contributed by atoms with Crippen LogP contribution in [0.15, 0.2) is 48.9 Å². The topological polar surface area (TPSA) is 102 Å². The Labute approximate surface area is 233 Å². The van der Waals surface area contributed by atoms with Crippen molar-refractivity contribution in [1.29, 1.82) is 0 Å². The van der Waals surface area contributed by atoms with Gasteiger partial charge in [-0.3, -0.25) is 14.6 Å². The molecule has 8 nitrogen and oxygen atoms in total. The van der Waals surface area contributed by atoms with E-state index in [9.17, 15) is 9.59 Å². The smallest absolute Gasteiger partial charge is 0.404 e. The Morgan fingerprint density at radius 2 is 1.85 bits per heavy atom. The van der Waals surface area contributed by atoms with Crippen molar-refractivity contribution in [2.75, 3.05) is 0 Å². The van der Waals surface area contributed by atoms with Crippen LogP contribution < -0.4 is 10.6 Å². The maximum atomic E-state index is 13.8. The largest absolute Gasteiger partial charge is 0.481 e. The van der Waals surface area contributed by atoms with Gasteiger partial charge < -0.3 is 19.9 Å². The fraction of sp³-hybridized carbons (Fsp3) is 0.600. The first kappa shape index (κ1) is 29.2. The number of fused-ring (bicyclic) bond motifs is 1. The molecule has 210 valence electrons.